The summed E-state index contributed by atoms with van der Waals surface area (Å²) in [6, 6.07) is 14.8. The second kappa shape index (κ2) is 6.33. The number of primary amides is 1. The van der Waals surface area contributed by atoms with Gasteiger partial charge in [-0.3, -0.25) is 9.59 Å². The molecule has 7 nitrogen and oxygen atoms in total. The Morgan fingerprint density at radius 3 is 2.00 bits per heavy atom. The normalized spacial score (nSPS) is 10.5. The van der Waals surface area contributed by atoms with E-state index in [1.165, 1.54) is 0 Å². The molecule has 1 amide bonds. The lowest BCUT2D eigenvalue weighted by Gasteiger charge is -2.05. The van der Waals surface area contributed by atoms with Crippen LogP contribution in [0.4, 0.5) is 0 Å². The standard InChI is InChI=1S/C17H14N4O3/c18-17(24)16-15(19-21-20-16)13-7-5-12(6-8-13)11-3-1-10(2-4-11)9-14(22)23/h1-8H,9H2,(H2,18,24)(H,22,23)(H,19,20,21). The molecule has 24 heavy (non-hydrogen) atoms. The third-order valence-corrected chi connectivity index (χ3v) is 3.58. The van der Waals surface area contributed by atoms with Crippen LogP contribution < -0.4 is 5.73 Å². The molecule has 0 saturated carbocycles. The SMILES string of the molecule is NC(=O)c1n[nH]nc1-c1ccc(-c2ccc(CC(=O)O)cc2)cc1. The van der Waals surface area contributed by atoms with E-state index in [4.69, 9.17) is 10.8 Å². The average Bonchev–Trinajstić information content (AvgIpc) is 3.05. The highest BCUT2D eigenvalue weighted by atomic mass is 16.4. The molecule has 2 aromatic carbocycles. The van der Waals surface area contributed by atoms with Gasteiger partial charge in [0.05, 0.1) is 6.42 Å². The molecule has 1 aromatic heterocycles. The molecule has 0 aliphatic heterocycles. The molecular weight excluding hydrogens is 308 g/mol. The van der Waals surface area contributed by atoms with Gasteiger partial charge in [0.15, 0.2) is 5.69 Å². The van der Waals surface area contributed by atoms with Gasteiger partial charge in [-0.05, 0) is 16.7 Å². The molecule has 0 radical (unpaired) electrons. The molecule has 0 saturated heterocycles. The van der Waals surface area contributed by atoms with Crippen molar-refractivity contribution in [2.45, 2.75) is 6.42 Å². The second-order valence-corrected chi connectivity index (χ2v) is 5.23. The maximum absolute atomic E-state index is 11.3. The summed E-state index contributed by atoms with van der Waals surface area (Å²) in [7, 11) is 0. The third kappa shape index (κ3) is 3.14. The van der Waals surface area contributed by atoms with E-state index in [1.54, 1.807) is 12.1 Å². The van der Waals surface area contributed by atoms with Crippen molar-refractivity contribution in [3.05, 3.63) is 59.8 Å². The molecule has 0 bridgehead atoms. The second-order valence-electron chi connectivity index (χ2n) is 5.23. The number of nitrogens with zero attached hydrogens (tertiary/aromatic N) is 2. The van der Waals surface area contributed by atoms with E-state index >= 15 is 0 Å². The summed E-state index contributed by atoms with van der Waals surface area (Å²) in [6.07, 6.45) is 0.00126. The molecule has 120 valence electrons. The number of rotatable bonds is 5. The van der Waals surface area contributed by atoms with E-state index in [0.717, 1.165) is 22.3 Å². The number of carboxylic acids is 1. The molecule has 3 rings (SSSR count). The first kappa shape index (κ1) is 15.4. The molecule has 0 aliphatic carbocycles. The molecule has 3 aromatic rings. The molecule has 0 fully saturated rings. The van der Waals surface area contributed by atoms with E-state index in [-0.39, 0.29) is 12.1 Å². The van der Waals surface area contributed by atoms with Crippen LogP contribution in [0.1, 0.15) is 16.1 Å². The average molecular weight is 322 g/mol. The van der Waals surface area contributed by atoms with Crippen molar-refractivity contribution in [1.29, 1.82) is 0 Å². The third-order valence-electron chi connectivity index (χ3n) is 3.58. The van der Waals surface area contributed by atoms with Crippen LogP contribution in [-0.4, -0.2) is 32.4 Å². The highest BCUT2D eigenvalue weighted by molar-refractivity contribution is 5.96. The van der Waals surface area contributed by atoms with Crippen LogP contribution >= 0.6 is 0 Å². The minimum atomic E-state index is -0.857. The Bertz CT molecular complexity index is 883. The molecule has 4 N–H and O–H groups in total. The van der Waals surface area contributed by atoms with E-state index < -0.39 is 11.9 Å². The number of aromatic amines is 1. The van der Waals surface area contributed by atoms with Crippen molar-refractivity contribution in [1.82, 2.24) is 15.4 Å². The molecular formula is C17H14N4O3. The van der Waals surface area contributed by atoms with Crippen molar-refractivity contribution in [3.63, 3.8) is 0 Å². The van der Waals surface area contributed by atoms with E-state index in [1.807, 2.05) is 36.4 Å². The van der Waals surface area contributed by atoms with Gasteiger partial charge in [0.1, 0.15) is 5.69 Å². The van der Waals surface area contributed by atoms with Crippen LogP contribution in [0.5, 0.6) is 0 Å². The minimum absolute atomic E-state index is 0.00126. The Labute approximate surface area is 137 Å². The summed E-state index contributed by atoms with van der Waals surface area (Å²) in [5.74, 6) is -1.50. The van der Waals surface area contributed by atoms with Crippen molar-refractivity contribution in [2.24, 2.45) is 5.73 Å². The highest BCUT2D eigenvalue weighted by Gasteiger charge is 2.15. The van der Waals surface area contributed by atoms with Crippen LogP contribution in [-0.2, 0) is 11.2 Å². The quantitative estimate of drug-likeness (QED) is 0.662. The van der Waals surface area contributed by atoms with Gasteiger partial charge in [0.2, 0.25) is 0 Å². The summed E-state index contributed by atoms with van der Waals surface area (Å²) < 4.78 is 0. The zero-order chi connectivity index (χ0) is 17.1. The Balaban J connectivity index is 1.85. The summed E-state index contributed by atoms with van der Waals surface area (Å²) in [5.41, 5.74) is 9.17. The molecule has 0 atom stereocenters. The zero-order valence-electron chi connectivity index (χ0n) is 12.6. The van der Waals surface area contributed by atoms with Gasteiger partial charge in [-0.1, -0.05) is 48.5 Å². The summed E-state index contributed by atoms with van der Waals surface area (Å²) in [5, 5.41) is 18.9. The van der Waals surface area contributed by atoms with E-state index in [2.05, 4.69) is 15.4 Å². The largest absolute Gasteiger partial charge is 0.481 e. The summed E-state index contributed by atoms with van der Waals surface area (Å²) in [6.45, 7) is 0. The van der Waals surface area contributed by atoms with E-state index in [9.17, 15) is 9.59 Å². The number of benzene rings is 2. The first-order valence-electron chi connectivity index (χ1n) is 7.16. The molecule has 1 heterocycles. The number of carbonyl (C=O) groups is 2. The topological polar surface area (TPSA) is 122 Å². The van der Waals surface area contributed by atoms with Crippen LogP contribution in [0.3, 0.4) is 0 Å². The zero-order valence-corrected chi connectivity index (χ0v) is 12.6. The Morgan fingerprint density at radius 2 is 1.46 bits per heavy atom. The highest BCUT2D eigenvalue weighted by Crippen LogP contribution is 2.25. The Kier molecular flexibility index (Phi) is 4.07. The molecule has 0 unspecified atom stereocenters. The Hall–Kier alpha value is -3.48. The van der Waals surface area contributed by atoms with Gasteiger partial charge < -0.3 is 10.8 Å². The number of nitrogens with two attached hydrogens (primary N) is 1. The fourth-order valence-corrected chi connectivity index (χ4v) is 2.41. The maximum atomic E-state index is 11.3. The lowest BCUT2D eigenvalue weighted by atomic mass is 10.0. The lowest BCUT2D eigenvalue weighted by molar-refractivity contribution is -0.136. The monoisotopic (exact) mass is 322 g/mol. The fourth-order valence-electron chi connectivity index (χ4n) is 2.41. The van der Waals surface area contributed by atoms with Gasteiger partial charge in [0, 0.05) is 5.56 Å². The van der Waals surface area contributed by atoms with Crippen LogP contribution in [0.15, 0.2) is 48.5 Å². The van der Waals surface area contributed by atoms with Crippen LogP contribution in [0.2, 0.25) is 0 Å². The number of nitrogens with one attached hydrogen (secondary N) is 1. The van der Waals surface area contributed by atoms with E-state index in [0.29, 0.717) is 5.69 Å². The fraction of sp³-hybridized carbons (Fsp3) is 0.0588. The summed E-state index contributed by atoms with van der Waals surface area (Å²) in [4.78, 5) is 22.0. The predicted octanol–water partition coefficient (Wildman–Crippen LogP) is 1.86. The molecule has 0 aliphatic rings. The van der Waals surface area contributed by atoms with Crippen LogP contribution in [0, 0.1) is 0 Å². The number of carboxylic acid groups (broad SMARTS) is 1. The van der Waals surface area contributed by atoms with Gasteiger partial charge in [-0.2, -0.15) is 15.4 Å². The maximum Gasteiger partial charge on any atom is 0.307 e. The van der Waals surface area contributed by atoms with Crippen molar-refractivity contribution >= 4 is 11.9 Å². The minimum Gasteiger partial charge on any atom is -0.481 e. The van der Waals surface area contributed by atoms with Crippen LogP contribution in [0.25, 0.3) is 22.4 Å². The van der Waals surface area contributed by atoms with Gasteiger partial charge in [0.25, 0.3) is 5.91 Å². The van der Waals surface area contributed by atoms with Gasteiger partial charge >= 0.3 is 5.97 Å². The summed E-state index contributed by atoms with van der Waals surface area (Å²) >= 11 is 0. The lowest BCUT2D eigenvalue weighted by Crippen LogP contribution is -2.12. The number of H-pyrrole nitrogens is 1. The molecule has 0 spiro atoms. The van der Waals surface area contributed by atoms with Crippen molar-refractivity contribution in [3.8, 4) is 22.4 Å². The number of aromatic nitrogens is 3. The molecule has 7 heteroatoms. The van der Waals surface area contributed by atoms with Gasteiger partial charge in [-0.15, -0.1) is 0 Å². The van der Waals surface area contributed by atoms with Crippen molar-refractivity contribution in [2.75, 3.05) is 0 Å². The first-order chi connectivity index (χ1) is 11.5. The Morgan fingerprint density at radius 1 is 0.917 bits per heavy atom. The number of aliphatic carboxylic acids is 1. The number of hydrogen-bond donors (Lipinski definition) is 3. The smallest absolute Gasteiger partial charge is 0.307 e. The predicted molar refractivity (Wildman–Crippen MR) is 87.1 cm³/mol. The van der Waals surface area contributed by atoms with Gasteiger partial charge in [-0.25, -0.2) is 0 Å². The number of carbonyl (C=O) groups excluding carboxylic acids is 1. The number of amides is 1. The first-order valence-corrected chi connectivity index (χ1v) is 7.16. The number of hydrogen-bond acceptors (Lipinski definition) is 4. The van der Waals surface area contributed by atoms with Crippen molar-refractivity contribution < 1.29 is 14.7 Å².